The van der Waals surface area contributed by atoms with Crippen LogP contribution in [0.25, 0.3) is 0 Å². The molecule has 5 heteroatoms. The molecule has 0 amide bonds. The van der Waals surface area contributed by atoms with Crippen molar-refractivity contribution in [3.63, 3.8) is 0 Å². The number of thiazole rings is 1. The van der Waals surface area contributed by atoms with E-state index in [4.69, 9.17) is 9.72 Å². The van der Waals surface area contributed by atoms with E-state index < -0.39 is 0 Å². The first-order chi connectivity index (χ1) is 9.94. The smallest absolute Gasteiger partial charge is 0.186 e. The zero-order valence-electron chi connectivity index (χ0n) is 14.0. The van der Waals surface area contributed by atoms with E-state index in [-0.39, 0.29) is 5.54 Å². The summed E-state index contributed by atoms with van der Waals surface area (Å²) in [5.74, 6) is 0. The molecule has 2 rings (SSSR count). The molecule has 1 heterocycles. The van der Waals surface area contributed by atoms with E-state index in [1.165, 1.54) is 28.5 Å². The van der Waals surface area contributed by atoms with Crippen molar-refractivity contribution in [1.82, 2.24) is 10.3 Å². The maximum Gasteiger partial charge on any atom is 0.186 e. The molecule has 0 atom stereocenters. The highest BCUT2D eigenvalue weighted by molar-refractivity contribution is 7.15. The highest BCUT2D eigenvalue weighted by Crippen LogP contribution is 2.35. The van der Waals surface area contributed by atoms with Crippen LogP contribution < -0.4 is 10.2 Å². The first kappa shape index (κ1) is 16.7. The number of hydrogen-bond acceptors (Lipinski definition) is 5. The SMILES string of the molecule is CCc1nc(N(CCOC)C2CC2)sc1CNC(C)(C)C. The molecule has 21 heavy (non-hydrogen) atoms. The molecule has 1 N–H and O–H groups in total. The highest BCUT2D eigenvalue weighted by atomic mass is 32.1. The van der Waals surface area contributed by atoms with Crippen molar-refractivity contribution >= 4 is 16.5 Å². The number of anilines is 1. The molecule has 0 saturated heterocycles. The van der Waals surface area contributed by atoms with Gasteiger partial charge in [0.05, 0.1) is 12.3 Å². The van der Waals surface area contributed by atoms with Gasteiger partial charge in [-0.3, -0.25) is 0 Å². The number of methoxy groups -OCH3 is 1. The van der Waals surface area contributed by atoms with E-state index in [0.29, 0.717) is 6.04 Å². The fraction of sp³-hybridized carbons (Fsp3) is 0.812. The van der Waals surface area contributed by atoms with Crippen molar-refractivity contribution in [1.29, 1.82) is 0 Å². The molecule has 1 aromatic heterocycles. The standard InChI is InChI=1S/C16H29N3OS/c1-6-13-14(11-17-16(2,3)4)21-15(18-13)19(9-10-20-5)12-7-8-12/h12,17H,6-11H2,1-5H3. The van der Waals surface area contributed by atoms with Crippen LogP contribution in [-0.4, -0.2) is 36.8 Å². The Balaban J connectivity index is 2.10. The minimum atomic E-state index is 0.140. The Kier molecular flexibility index (Phi) is 5.63. The Morgan fingerprint density at radius 3 is 2.62 bits per heavy atom. The van der Waals surface area contributed by atoms with Crippen molar-refractivity contribution < 1.29 is 4.74 Å². The third kappa shape index (κ3) is 4.94. The molecule has 4 nitrogen and oxygen atoms in total. The van der Waals surface area contributed by atoms with Gasteiger partial charge in [-0.1, -0.05) is 6.92 Å². The Morgan fingerprint density at radius 2 is 2.10 bits per heavy atom. The second-order valence-electron chi connectivity index (χ2n) is 6.74. The van der Waals surface area contributed by atoms with Gasteiger partial charge in [0.2, 0.25) is 0 Å². The minimum Gasteiger partial charge on any atom is -0.383 e. The summed E-state index contributed by atoms with van der Waals surface area (Å²) in [5, 5.41) is 4.76. The van der Waals surface area contributed by atoms with Gasteiger partial charge in [0.25, 0.3) is 0 Å². The summed E-state index contributed by atoms with van der Waals surface area (Å²) in [7, 11) is 1.77. The van der Waals surface area contributed by atoms with Crippen molar-refractivity contribution in [2.24, 2.45) is 0 Å². The summed E-state index contributed by atoms with van der Waals surface area (Å²) in [6.07, 6.45) is 3.58. The van der Waals surface area contributed by atoms with E-state index in [1.54, 1.807) is 7.11 Å². The molecular formula is C16H29N3OS. The molecule has 0 aromatic carbocycles. The second kappa shape index (κ2) is 7.07. The highest BCUT2D eigenvalue weighted by Gasteiger charge is 2.31. The van der Waals surface area contributed by atoms with Crippen LogP contribution in [0.3, 0.4) is 0 Å². The van der Waals surface area contributed by atoms with Crippen molar-refractivity contribution in [2.45, 2.75) is 65.1 Å². The van der Waals surface area contributed by atoms with Gasteiger partial charge in [0.15, 0.2) is 5.13 Å². The number of ether oxygens (including phenoxy) is 1. The Labute approximate surface area is 132 Å². The van der Waals surface area contributed by atoms with Crippen LogP contribution in [0.4, 0.5) is 5.13 Å². The monoisotopic (exact) mass is 311 g/mol. The Bertz CT molecular complexity index is 449. The first-order valence-corrected chi connectivity index (χ1v) is 8.75. The zero-order chi connectivity index (χ0) is 15.5. The van der Waals surface area contributed by atoms with Crippen LogP contribution in [-0.2, 0) is 17.7 Å². The van der Waals surface area contributed by atoms with Gasteiger partial charge in [0, 0.05) is 36.7 Å². The van der Waals surface area contributed by atoms with Gasteiger partial charge in [0.1, 0.15) is 0 Å². The predicted octanol–water partition coefficient (Wildman–Crippen LogP) is 3.21. The van der Waals surface area contributed by atoms with Crippen LogP contribution in [0.5, 0.6) is 0 Å². The first-order valence-electron chi connectivity index (χ1n) is 7.93. The fourth-order valence-electron chi connectivity index (χ4n) is 2.26. The number of hydrogen-bond donors (Lipinski definition) is 1. The Morgan fingerprint density at radius 1 is 1.38 bits per heavy atom. The van der Waals surface area contributed by atoms with Crippen LogP contribution in [0.15, 0.2) is 0 Å². The van der Waals surface area contributed by atoms with E-state index in [1.807, 2.05) is 11.3 Å². The van der Waals surface area contributed by atoms with Gasteiger partial charge in [-0.25, -0.2) is 4.98 Å². The average Bonchev–Trinajstić information content (AvgIpc) is 3.16. The van der Waals surface area contributed by atoms with E-state index in [0.717, 1.165) is 26.1 Å². The molecule has 0 radical (unpaired) electrons. The second-order valence-corrected chi connectivity index (χ2v) is 7.80. The van der Waals surface area contributed by atoms with Crippen LogP contribution in [0, 0.1) is 0 Å². The maximum absolute atomic E-state index is 5.25. The topological polar surface area (TPSA) is 37.4 Å². The van der Waals surface area contributed by atoms with Crippen molar-refractivity contribution in [3.8, 4) is 0 Å². The largest absolute Gasteiger partial charge is 0.383 e. The number of nitrogens with one attached hydrogen (secondary N) is 1. The molecule has 0 bridgehead atoms. The minimum absolute atomic E-state index is 0.140. The lowest BCUT2D eigenvalue weighted by Gasteiger charge is -2.21. The molecule has 1 aliphatic carbocycles. The van der Waals surface area contributed by atoms with Crippen LogP contribution >= 0.6 is 11.3 Å². The lowest BCUT2D eigenvalue weighted by atomic mass is 10.1. The van der Waals surface area contributed by atoms with E-state index >= 15 is 0 Å². The molecule has 1 saturated carbocycles. The summed E-state index contributed by atoms with van der Waals surface area (Å²) >= 11 is 1.85. The molecule has 0 aliphatic heterocycles. The van der Waals surface area contributed by atoms with Gasteiger partial charge in [-0.15, -0.1) is 11.3 Å². The molecule has 1 aromatic rings. The van der Waals surface area contributed by atoms with Gasteiger partial charge in [-0.2, -0.15) is 0 Å². The number of nitrogens with zero attached hydrogens (tertiary/aromatic N) is 2. The molecule has 0 spiro atoms. The molecule has 0 unspecified atom stereocenters. The summed E-state index contributed by atoms with van der Waals surface area (Å²) in [6.45, 7) is 11.4. The third-order valence-electron chi connectivity index (χ3n) is 3.65. The summed E-state index contributed by atoms with van der Waals surface area (Å²) in [6, 6.07) is 0.680. The Hall–Kier alpha value is -0.650. The van der Waals surface area contributed by atoms with E-state index in [2.05, 4.69) is 37.9 Å². The average molecular weight is 311 g/mol. The van der Waals surface area contributed by atoms with Gasteiger partial charge < -0.3 is 15.0 Å². The quantitative estimate of drug-likeness (QED) is 0.800. The molecule has 1 aliphatic rings. The number of aryl methyl sites for hydroxylation is 1. The fourth-order valence-corrected chi connectivity index (χ4v) is 3.45. The number of aromatic nitrogens is 1. The van der Waals surface area contributed by atoms with Gasteiger partial charge in [-0.05, 0) is 40.0 Å². The summed E-state index contributed by atoms with van der Waals surface area (Å²) in [4.78, 5) is 8.71. The molecular weight excluding hydrogens is 282 g/mol. The van der Waals surface area contributed by atoms with E-state index in [9.17, 15) is 0 Å². The van der Waals surface area contributed by atoms with Crippen LogP contribution in [0.1, 0.15) is 51.1 Å². The summed E-state index contributed by atoms with van der Waals surface area (Å²) in [5.41, 5.74) is 1.39. The predicted molar refractivity (Wildman–Crippen MR) is 90.3 cm³/mol. The third-order valence-corrected chi connectivity index (χ3v) is 4.79. The summed E-state index contributed by atoms with van der Waals surface area (Å²) < 4.78 is 5.25. The lowest BCUT2D eigenvalue weighted by molar-refractivity contribution is 0.205. The number of rotatable bonds is 8. The van der Waals surface area contributed by atoms with Crippen molar-refractivity contribution in [2.75, 3.05) is 25.2 Å². The maximum atomic E-state index is 5.25. The lowest BCUT2D eigenvalue weighted by Crippen LogP contribution is -2.35. The normalized spacial score (nSPS) is 15.5. The van der Waals surface area contributed by atoms with Gasteiger partial charge >= 0.3 is 0 Å². The van der Waals surface area contributed by atoms with Crippen molar-refractivity contribution in [3.05, 3.63) is 10.6 Å². The molecule has 1 fully saturated rings. The van der Waals surface area contributed by atoms with Crippen LogP contribution in [0.2, 0.25) is 0 Å². The molecule has 120 valence electrons. The zero-order valence-corrected chi connectivity index (χ0v) is 14.8.